The van der Waals surface area contributed by atoms with Crippen molar-refractivity contribution >= 4 is 0 Å². The van der Waals surface area contributed by atoms with Crippen molar-refractivity contribution in [2.24, 2.45) is 5.73 Å². The quantitative estimate of drug-likeness (QED) is 0.818. The van der Waals surface area contributed by atoms with Crippen LogP contribution in [-0.2, 0) is 0 Å². The second kappa shape index (κ2) is 5.46. The van der Waals surface area contributed by atoms with E-state index >= 15 is 0 Å². The van der Waals surface area contributed by atoms with E-state index in [1.54, 1.807) is 0 Å². The molecular formula is C14H24N2. The van der Waals surface area contributed by atoms with Crippen LogP contribution in [0.4, 0.5) is 0 Å². The maximum absolute atomic E-state index is 6.23. The summed E-state index contributed by atoms with van der Waals surface area (Å²) < 4.78 is 0. The highest BCUT2D eigenvalue weighted by Crippen LogP contribution is 2.21. The van der Waals surface area contributed by atoms with E-state index in [1.807, 2.05) is 0 Å². The summed E-state index contributed by atoms with van der Waals surface area (Å²) in [6.45, 7) is 11.5. The normalized spacial score (nSPS) is 13.2. The summed E-state index contributed by atoms with van der Waals surface area (Å²) >= 11 is 0. The van der Waals surface area contributed by atoms with Crippen LogP contribution >= 0.6 is 0 Å². The van der Waals surface area contributed by atoms with E-state index in [4.69, 9.17) is 5.73 Å². The monoisotopic (exact) mass is 220 g/mol. The molecule has 1 aromatic rings. The van der Waals surface area contributed by atoms with Gasteiger partial charge in [-0.2, -0.15) is 0 Å². The average molecular weight is 220 g/mol. The van der Waals surface area contributed by atoms with Crippen molar-refractivity contribution in [1.29, 1.82) is 0 Å². The van der Waals surface area contributed by atoms with E-state index in [-0.39, 0.29) is 6.04 Å². The van der Waals surface area contributed by atoms with Crippen molar-refractivity contribution in [3.63, 3.8) is 0 Å². The van der Waals surface area contributed by atoms with Gasteiger partial charge in [0.05, 0.1) is 0 Å². The van der Waals surface area contributed by atoms with Gasteiger partial charge in [-0.05, 0) is 37.5 Å². The predicted octanol–water partition coefficient (Wildman–Crippen LogP) is 2.61. The van der Waals surface area contributed by atoms with Gasteiger partial charge in [-0.15, -0.1) is 0 Å². The maximum atomic E-state index is 6.23. The molecule has 2 nitrogen and oxygen atoms in total. The van der Waals surface area contributed by atoms with E-state index in [9.17, 15) is 0 Å². The van der Waals surface area contributed by atoms with Crippen LogP contribution in [-0.4, -0.2) is 12.6 Å². The number of benzene rings is 1. The van der Waals surface area contributed by atoms with Crippen molar-refractivity contribution in [3.8, 4) is 0 Å². The number of hydrogen-bond donors (Lipinski definition) is 2. The van der Waals surface area contributed by atoms with Gasteiger partial charge in [0.25, 0.3) is 0 Å². The van der Waals surface area contributed by atoms with E-state index in [2.05, 4.69) is 52.1 Å². The van der Waals surface area contributed by atoms with Gasteiger partial charge in [-0.1, -0.05) is 31.5 Å². The van der Waals surface area contributed by atoms with Crippen LogP contribution in [0.2, 0.25) is 0 Å². The largest absolute Gasteiger partial charge is 0.323 e. The van der Waals surface area contributed by atoms with E-state index in [1.165, 1.54) is 22.3 Å². The second-order valence-corrected chi connectivity index (χ2v) is 4.98. The molecule has 1 aromatic carbocycles. The average Bonchev–Trinajstić information content (AvgIpc) is 2.12. The molecule has 0 aliphatic carbocycles. The third kappa shape index (κ3) is 3.32. The molecule has 0 spiro atoms. The molecule has 16 heavy (non-hydrogen) atoms. The zero-order valence-electron chi connectivity index (χ0n) is 11.1. The molecule has 0 saturated heterocycles. The lowest BCUT2D eigenvalue weighted by molar-refractivity contribution is 0.535. The lowest BCUT2D eigenvalue weighted by Gasteiger charge is -2.20. The molecule has 0 heterocycles. The minimum absolute atomic E-state index is 0.0861. The molecule has 0 amide bonds. The van der Waals surface area contributed by atoms with Crippen molar-refractivity contribution < 1.29 is 0 Å². The Morgan fingerprint density at radius 2 is 1.62 bits per heavy atom. The number of nitrogens with two attached hydrogens (primary N) is 1. The third-order valence-electron chi connectivity index (χ3n) is 2.85. The zero-order valence-corrected chi connectivity index (χ0v) is 11.1. The fourth-order valence-electron chi connectivity index (χ4n) is 2.24. The molecule has 0 saturated carbocycles. The Hall–Kier alpha value is -0.860. The molecule has 0 radical (unpaired) electrons. The SMILES string of the molecule is Cc1cc(C)c(C(N)CNC(C)C)c(C)c1. The summed E-state index contributed by atoms with van der Waals surface area (Å²) in [7, 11) is 0. The zero-order chi connectivity index (χ0) is 12.3. The lowest BCUT2D eigenvalue weighted by Crippen LogP contribution is -2.32. The van der Waals surface area contributed by atoms with Crippen LogP contribution in [0.15, 0.2) is 12.1 Å². The molecule has 2 heteroatoms. The molecular weight excluding hydrogens is 196 g/mol. The van der Waals surface area contributed by atoms with E-state index in [0.717, 1.165) is 6.54 Å². The highest BCUT2D eigenvalue weighted by atomic mass is 14.9. The van der Waals surface area contributed by atoms with Gasteiger partial charge < -0.3 is 11.1 Å². The molecule has 1 atom stereocenters. The predicted molar refractivity (Wildman–Crippen MR) is 70.7 cm³/mol. The Morgan fingerprint density at radius 1 is 1.12 bits per heavy atom. The molecule has 1 rings (SSSR count). The molecule has 3 N–H and O–H groups in total. The summed E-state index contributed by atoms with van der Waals surface area (Å²) in [5.74, 6) is 0. The van der Waals surface area contributed by atoms with Gasteiger partial charge in [-0.25, -0.2) is 0 Å². The Balaban J connectivity index is 2.86. The van der Waals surface area contributed by atoms with Crippen LogP contribution < -0.4 is 11.1 Å². The number of nitrogens with one attached hydrogen (secondary N) is 1. The van der Waals surface area contributed by atoms with Crippen LogP contribution in [0.25, 0.3) is 0 Å². The minimum Gasteiger partial charge on any atom is -0.323 e. The summed E-state index contributed by atoms with van der Waals surface area (Å²) in [5, 5.41) is 3.39. The first-order chi connectivity index (χ1) is 7.41. The van der Waals surface area contributed by atoms with Crippen molar-refractivity contribution in [2.75, 3.05) is 6.54 Å². The van der Waals surface area contributed by atoms with Gasteiger partial charge in [0, 0.05) is 18.6 Å². The highest BCUT2D eigenvalue weighted by molar-refractivity contribution is 5.39. The fraction of sp³-hybridized carbons (Fsp3) is 0.571. The van der Waals surface area contributed by atoms with Crippen LogP contribution in [0.5, 0.6) is 0 Å². The van der Waals surface area contributed by atoms with E-state index in [0.29, 0.717) is 6.04 Å². The molecule has 0 aromatic heterocycles. The third-order valence-corrected chi connectivity index (χ3v) is 2.85. The molecule has 0 fully saturated rings. The van der Waals surface area contributed by atoms with Crippen molar-refractivity contribution in [3.05, 3.63) is 34.4 Å². The van der Waals surface area contributed by atoms with Crippen molar-refractivity contribution in [1.82, 2.24) is 5.32 Å². The number of hydrogen-bond acceptors (Lipinski definition) is 2. The van der Waals surface area contributed by atoms with Gasteiger partial charge in [0.1, 0.15) is 0 Å². The topological polar surface area (TPSA) is 38.0 Å². The summed E-state index contributed by atoms with van der Waals surface area (Å²) in [6, 6.07) is 4.98. The van der Waals surface area contributed by atoms with Gasteiger partial charge in [0.15, 0.2) is 0 Å². The summed E-state index contributed by atoms with van der Waals surface area (Å²) in [4.78, 5) is 0. The fourth-order valence-corrected chi connectivity index (χ4v) is 2.24. The Morgan fingerprint density at radius 3 is 2.06 bits per heavy atom. The first-order valence-electron chi connectivity index (χ1n) is 5.98. The van der Waals surface area contributed by atoms with E-state index < -0.39 is 0 Å². The number of rotatable bonds is 4. The lowest BCUT2D eigenvalue weighted by atomic mass is 9.94. The first kappa shape index (κ1) is 13.2. The summed E-state index contributed by atoms with van der Waals surface area (Å²) in [6.07, 6.45) is 0. The smallest absolute Gasteiger partial charge is 0.0427 e. The van der Waals surface area contributed by atoms with Crippen molar-refractivity contribution in [2.45, 2.75) is 46.7 Å². The van der Waals surface area contributed by atoms with Crippen LogP contribution in [0.3, 0.4) is 0 Å². The summed E-state index contributed by atoms with van der Waals surface area (Å²) in [5.41, 5.74) is 11.4. The molecule has 90 valence electrons. The molecule has 0 aliphatic rings. The van der Waals surface area contributed by atoms with Gasteiger partial charge >= 0.3 is 0 Å². The van der Waals surface area contributed by atoms with Crippen LogP contribution in [0.1, 0.15) is 42.1 Å². The molecule has 0 bridgehead atoms. The second-order valence-electron chi connectivity index (χ2n) is 4.98. The van der Waals surface area contributed by atoms with Gasteiger partial charge in [-0.3, -0.25) is 0 Å². The Bertz CT molecular complexity index is 333. The highest BCUT2D eigenvalue weighted by Gasteiger charge is 2.12. The number of aryl methyl sites for hydroxylation is 3. The Labute approximate surface area is 99.2 Å². The molecule has 1 unspecified atom stereocenters. The van der Waals surface area contributed by atoms with Gasteiger partial charge in [0.2, 0.25) is 0 Å². The van der Waals surface area contributed by atoms with Crippen LogP contribution in [0, 0.1) is 20.8 Å². The maximum Gasteiger partial charge on any atom is 0.0427 e. The Kier molecular flexibility index (Phi) is 4.51. The molecule has 0 aliphatic heterocycles. The standard InChI is InChI=1S/C14H24N2/c1-9(2)16-8-13(15)14-11(4)6-10(3)7-12(14)5/h6-7,9,13,16H,8,15H2,1-5H3. The first-order valence-corrected chi connectivity index (χ1v) is 5.98. The minimum atomic E-state index is 0.0861.